The Hall–Kier alpha value is -4.05. The quantitative estimate of drug-likeness (QED) is 0.399. The Morgan fingerprint density at radius 2 is 1.29 bits per heavy atom. The second-order valence-electron chi connectivity index (χ2n) is 7.00. The molecule has 154 valence electrons. The summed E-state index contributed by atoms with van der Waals surface area (Å²) in [7, 11) is 0. The molecule has 4 rings (SSSR count). The third-order valence-electron chi connectivity index (χ3n) is 4.82. The van der Waals surface area contributed by atoms with Gasteiger partial charge in [0.05, 0.1) is 6.04 Å². The molecule has 0 fully saturated rings. The smallest absolute Gasteiger partial charge is 0.413 e. The van der Waals surface area contributed by atoms with Crippen molar-refractivity contribution in [3.05, 3.63) is 132 Å². The average Bonchev–Trinajstić information content (AvgIpc) is 2.83. The highest BCUT2D eigenvalue weighted by atomic mass is 16.6. The highest BCUT2D eigenvalue weighted by molar-refractivity contribution is 5.72. The molecule has 0 aromatic heterocycles. The van der Waals surface area contributed by atoms with Crippen LogP contribution in [0.25, 0.3) is 0 Å². The Morgan fingerprint density at radius 3 is 2.00 bits per heavy atom. The number of hydrogen-bond donors (Lipinski definition) is 1. The van der Waals surface area contributed by atoms with Gasteiger partial charge < -0.3 is 14.8 Å². The number of benzene rings is 4. The van der Waals surface area contributed by atoms with E-state index in [2.05, 4.69) is 5.32 Å². The van der Waals surface area contributed by atoms with Crippen LogP contribution >= 0.6 is 0 Å². The molecule has 0 saturated carbocycles. The lowest BCUT2D eigenvalue weighted by Crippen LogP contribution is -2.32. The van der Waals surface area contributed by atoms with Crippen LogP contribution in [-0.2, 0) is 6.61 Å². The van der Waals surface area contributed by atoms with E-state index in [0.717, 1.165) is 16.7 Å². The van der Waals surface area contributed by atoms with Gasteiger partial charge in [0.25, 0.3) is 0 Å². The van der Waals surface area contributed by atoms with Crippen LogP contribution in [0.4, 0.5) is 4.79 Å². The van der Waals surface area contributed by atoms with Crippen molar-refractivity contribution >= 4 is 6.09 Å². The third kappa shape index (κ3) is 5.52. The number of para-hydroxylation sites is 2. The molecule has 1 atom stereocenters. The zero-order valence-electron chi connectivity index (χ0n) is 17.0. The van der Waals surface area contributed by atoms with Crippen LogP contribution in [0.1, 0.15) is 22.7 Å². The van der Waals surface area contributed by atoms with Gasteiger partial charge in [0.15, 0.2) is 0 Å². The molecule has 0 aliphatic carbocycles. The lowest BCUT2D eigenvalue weighted by molar-refractivity contribution is 0.197. The monoisotopic (exact) mass is 409 g/mol. The largest absolute Gasteiger partial charge is 0.489 e. The van der Waals surface area contributed by atoms with Crippen molar-refractivity contribution < 1.29 is 14.3 Å². The minimum Gasteiger partial charge on any atom is -0.489 e. The van der Waals surface area contributed by atoms with E-state index in [1.807, 2.05) is 103 Å². The molecule has 4 heteroatoms. The summed E-state index contributed by atoms with van der Waals surface area (Å²) in [6.07, 6.45) is -0.530. The van der Waals surface area contributed by atoms with E-state index in [4.69, 9.17) is 9.47 Å². The van der Waals surface area contributed by atoms with Crippen LogP contribution < -0.4 is 14.8 Å². The van der Waals surface area contributed by atoms with Gasteiger partial charge in [-0.3, -0.25) is 0 Å². The minimum atomic E-state index is -0.530. The number of hydrogen-bond acceptors (Lipinski definition) is 3. The van der Waals surface area contributed by atoms with Gasteiger partial charge in [-0.05, 0) is 29.3 Å². The fourth-order valence-electron chi connectivity index (χ4n) is 3.31. The first kappa shape index (κ1) is 20.2. The lowest BCUT2D eigenvalue weighted by Gasteiger charge is -2.22. The predicted octanol–water partition coefficient (Wildman–Crippen LogP) is 6.14. The van der Waals surface area contributed by atoms with Gasteiger partial charge >= 0.3 is 6.09 Å². The molecular formula is C27H23NO3. The number of amides is 1. The SMILES string of the molecule is O=C(NC(c1ccccc1)c1ccccc1OCc1ccccc1)Oc1ccccc1. The maximum Gasteiger partial charge on any atom is 0.413 e. The standard InChI is InChI=1S/C27H23NO3/c29-27(31-23-16-8-3-9-17-23)28-26(22-14-6-2-7-15-22)24-18-10-11-19-25(24)30-20-21-12-4-1-5-13-21/h1-19,26H,20H2,(H,28,29). The van der Waals surface area contributed by atoms with Gasteiger partial charge in [-0.1, -0.05) is 97.1 Å². The number of rotatable bonds is 7. The van der Waals surface area contributed by atoms with E-state index in [0.29, 0.717) is 18.1 Å². The molecule has 4 nitrogen and oxygen atoms in total. The molecule has 1 N–H and O–H groups in total. The predicted molar refractivity (Wildman–Crippen MR) is 121 cm³/mol. The zero-order chi connectivity index (χ0) is 21.3. The van der Waals surface area contributed by atoms with Crippen LogP contribution in [0, 0.1) is 0 Å². The van der Waals surface area contributed by atoms with E-state index in [1.165, 1.54) is 0 Å². The maximum atomic E-state index is 12.7. The summed E-state index contributed by atoms with van der Waals surface area (Å²) in [5, 5.41) is 3.00. The van der Waals surface area contributed by atoms with Crippen LogP contribution in [0.3, 0.4) is 0 Å². The Kier molecular flexibility index (Phi) is 6.61. The number of ether oxygens (including phenoxy) is 2. The van der Waals surface area contributed by atoms with Crippen molar-refractivity contribution in [1.82, 2.24) is 5.32 Å². The van der Waals surface area contributed by atoms with Crippen molar-refractivity contribution in [2.24, 2.45) is 0 Å². The molecule has 31 heavy (non-hydrogen) atoms. The highest BCUT2D eigenvalue weighted by Gasteiger charge is 2.21. The van der Waals surface area contributed by atoms with Crippen LogP contribution in [-0.4, -0.2) is 6.09 Å². The molecule has 0 aliphatic heterocycles. The van der Waals surface area contributed by atoms with Crippen LogP contribution in [0.15, 0.2) is 115 Å². The van der Waals surface area contributed by atoms with Gasteiger partial charge in [-0.25, -0.2) is 4.79 Å². The Bertz CT molecular complexity index is 1100. The Morgan fingerprint density at radius 1 is 0.710 bits per heavy atom. The summed E-state index contributed by atoms with van der Waals surface area (Å²) in [6, 6.07) is 36.1. The minimum absolute atomic E-state index is 0.426. The molecule has 1 unspecified atom stereocenters. The topological polar surface area (TPSA) is 47.6 Å². The van der Waals surface area contributed by atoms with E-state index < -0.39 is 12.1 Å². The fraction of sp³-hybridized carbons (Fsp3) is 0.0741. The molecule has 1 amide bonds. The number of nitrogens with one attached hydrogen (secondary N) is 1. The van der Waals surface area contributed by atoms with Crippen LogP contribution in [0.2, 0.25) is 0 Å². The summed E-state index contributed by atoms with van der Waals surface area (Å²) in [6.45, 7) is 0.438. The zero-order valence-corrected chi connectivity index (χ0v) is 17.0. The second-order valence-corrected chi connectivity index (χ2v) is 7.00. The first-order valence-electron chi connectivity index (χ1n) is 10.1. The van der Waals surface area contributed by atoms with Crippen molar-refractivity contribution in [3.8, 4) is 11.5 Å². The molecular weight excluding hydrogens is 386 g/mol. The number of carbonyl (C=O) groups excluding carboxylic acids is 1. The molecule has 0 bridgehead atoms. The van der Waals surface area contributed by atoms with Gasteiger partial charge in [0.1, 0.15) is 18.1 Å². The van der Waals surface area contributed by atoms with E-state index in [9.17, 15) is 4.79 Å². The maximum absolute atomic E-state index is 12.7. The third-order valence-corrected chi connectivity index (χ3v) is 4.82. The van der Waals surface area contributed by atoms with Gasteiger partial charge in [0, 0.05) is 5.56 Å². The van der Waals surface area contributed by atoms with Gasteiger partial charge in [-0.15, -0.1) is 0 Å². The molecule has 0 radical (unpaired) electrons. The Labute approximate surface area is 182 Å². The van der Waals surface area contributed by atoms with Crippen molar-refractivity contribution in [2.75, 3.05) is 0 Å². The van der Waals surface area contributed by atoms with E-state index >= 15 is 0 Å². The first-order chi connectivity index (χ1) is 15.3. The molecule has 4 aromatic rings. The van der Waals surface area contributed by atoms with Crippen molar-refractivity contribution in [3.63, 3.8) is 0 Å². The van der Waals surface area contributed by atoms with Crippen LogP contribution in [0.5, 0.6) is 11.5 Å². The first-order valence-corrected chi connectivity index (χ1v) is 10.1. The molecule has 0 saturated heterocycles. The molecule has 4 aromatic carbocycles. The lowest BCUT2D eigenvalue weighted by atomic mass is 9.98. The Balaban J connectivity index is 1.59. The number of carbonyl (C=O) groups is 1. The average molecular weight is 409 g/mol. The summed E-state index contributed by atoms with van der Waals surface area (Å²) in [5.74, 6) is 1.20. The fourth-order valence-corrected chi connectivity index (χ4v) is 3.31. The van der Waals surface area contributed by atoms with Crippen molar-refractivity contribution in [1.29, 1.82) is 0 Å². The molecule has 0 spiro atoms. The van der Waals surface area contributed by atoms with E-state index in [1.54, 1.807) is 12.1 Å². The summed E-state index contributed by atoms with van der Waals surface area (Å²) in [5.41, 5.74) is 2.86. The highest BCUT2D eigenvalue weighted by Crippen LogP contribution is 2.31. The van der Waals surface area contributed by atoms with Gasteiger partial charge in [-0.2, -0.15) is 0 Å². The van der Waals surface area contributed by atoms with Crippen molar-refractivity contribution in [2.45, 2.75) is 12.6 Å². The summed E-state index contributed by atoms with van der Waals surface area (Å²) in [4.78, 5) is 12.7. The molecule has 0 aliphatic rings. The van der Waals surface area contributed by atoms with Gasteiger partial charge in [0.2, 0.25) is 0 Å². The summed E-state index contributed by atoms with van der Waals surface area (Å²) >= 11 is 0. The second kappa shape index (κ2) is 10.1. The molecule has 0 heterocycles. The normalized spacial score (nSPS) is 11.4. The van der Waals surface area contributed by atoms with E-state index in [-0.39, 0.29) is 0 Å². The summed E-state index contributed by atoms with van der Waals surface area (Å²) < 4.78 is 11.6.